The Morgan fingerprint density at radius 2 is 1.54 bits per heavy atom. The fourth-order valence-electron chi connectivity index (χ4n) is 2.99. The molecule has 0 saturated heterocycles. The van der Waals surface area contributed by atoms with Crippen molar-refractivity contribution in [3.63, 3.8) is 0 Å². The Bertz CT molecular complexity index is 980. The topological polar surface area (TPSA) is 17.8 Å². The monoisotopic (exact) mass is 310 g/mol. The molecule has 0 spiro atoms. The van der Waals surface area contributed by atoms with Gasteiger partial charge in [0.2, 0.25) is 0 Å². The minimum atomic E-state index is 0.805. The Kier molecular flexibility index (Phi) is 3.72. The van der Waals surface area contributed by atoms with E-state index >= 15 is 0 Å². The van der Waals surface area contributed by atoms with E-state index in [-0.39, 0.29) is 0 Å². The predicted octanol–water partition coefficient (Wildman–Crippen LogP) is 5.39. The van der Waals surface area contributed by atoms with Crippen LogP contribution in [0.4, 0.5) is 0 Å². The van der Waals surface area contributed by atoms with Crippen molar-refractivity contribution in [2.24, 2.45) is 0 Å². The SMILES string of the molecule is C=Cc1ccc(-c2nc3ccccc3n2Cc2ccccc2)cc1. The van der Waals surface area contributed by atoms with Gasteiger partial charge in [0, 0.05) is 12.1 Å². The lowest BCUT2D eigenvalue weighted by Gasteiger charge is -2.10. The van der Waals surface area contributed by atoms with E-state index in [1.54, 1.807) is 0 Å². The van der Waals surface area contributed by atoms with Crippen molar-refractivity contribution in [3.8, 4) is 11.4 Å². The van der Waals surface area contributed by atoms with E-state index in [1.807, 2.05) is 18.2 Å². The Labute approximate surface area is 141 Å². The highest BCUT2D eigenvalue weighted by Gasteiger charge is 2.12. The third kappa shape index (κ3) is 2.63. The zero-order chi connectivity index (χ0) is 16.4. The molecular formula is C22H18N2. The van der Waals surface area contributed by atoms with E-state index in [1.165, 1.54) is 5.56 Å². The predicted molar refractivity (Wildman–Crippen MR) is 101 cm³/mol. The molecule has 2 heteroatoms. The number of hydrogen-bond donors (Lipinski definition) is 0. The van der Waals surface area contributed by atoms with E-state index < -0.39 is 0 Å². The van der Waals surface area contributed by atoms with Gasteiger partial charge in [-0.15, -0.1) is 0 Å². The van der Waals surface area contributed by atoms with Gasteiger partial charge in [-0.3, -0.25) is 0 Å². The summed E-state index contributed by atoms with van der Waals surface area (Å²) in [5, 5.41) is 0. The first-order valence-electron chi connectivity index (χ1n) is 8.07. The van der Waals surface area contributed by atoms with Crippen molar-refractivity contribution in [2.75, 3.05) is 0 Å². The standard InChI is InChI=1S/C22H18N2/c1-2-17-12-14-19(15-13-17)22-23-20-10-6-7-11-21(20)24(22)16-18-8-4-3-5-9-18/h2-15H,1,16H2. The normalized spacial score (nSPS) is 10.8. The second-order valence-corrected chi connectivity index (χ2v) is 5.82. The maximum absolute atomic E-state index is 4.87. The Morgan fingerprint density at radius 3 is 2.29 bits per heavy atom. The second-order valence-electron chi connectivity index (χ2n) is 5.82. The van der Waals surface area contributed by atoms with Crippen LogP contribution in [0.25, 0.3) is 28.5 Å². The number of rotatable bonds is 4. The molecule has 0 atom stereocenters. The molecule has 0 bridgehead atoms. The Morgan fingerprint density at radius 1 is 0.833 bits per heavy atom. The molecular weight excluding hydrogens is 292 g/mol. The van der Waals surface area contributed by atoms with E-state index in [9.17, 15) is 0 Å². The van der Waals surface area contributed by atoms with Crippen molar-refractivity contribution in [1.29, 1.82) is 0 Å². The number of benzene rings is 3. The molecule has 0 unspecified atom stereocenters. The molecule has 0 aliphatic heterocycles. The summed E-state index contributed by atoms with van der Waals surface area (Å²) in [6.45, 7) is 4.63. The van der Waals surface area contributed by atoms with E-state index in [0.29, 0.717) is 0 Å². The largest absolute Gasteiger partial charge is 0.319 e. The second kappa shape index (κ2) is 6.17. The molecule has 116 valence electrons. The van der Waals surface area contributed by atoms with Gasteiger partial charge in [0.15, 0.2) is 0 Å². The molecule has 4 rings (SSSR count). The van der Waals surface area contributed by atoms with Gasteiger partial charge < -0.3 is 4.57 Å². The van der Waals surface area contributed by atoms with Crippen LogP contribution in [0.3, 0.4) is 0 Å². The van der Waals surface area contributed by atoms with Gasteiger partial charge in [0.25, 0.3) is 0 Å². The van der Waals surface area contributed by atoms with Gasteiger partial charge in [0.05, 0.1) is 11.0 Å². The Balaban J connectivity index is 1.87. The van der Waals surface area contributed by atoms with Crippen LogP contribution in [0.15, 0.2) is 85.4 Å². The summed E-state index contributed by atoms with van der Waals surface area (Å²) in [5.74, 6) is 0.996. The minimum Gasteiger partial charge on any atom is -0.319 e. The van der Waals surface area contributed by atoms with Crippen molar-refractivity contribution < 1.29 is 0 Å². The molecule has 1 aromatic heterocycles. The molecule has 2 nitrogen and oxygen atoms in total. The lowest BCUT2D eigenvalue weighted by atomic mass is 10.1. The highest BCUT2D eigenvalue weighted by molar-refractivity contribution is 5.81. The molecule has 0 aliphatic carbocycles. The number of hydrogen-bond acceptors (Lipinski definition) is 1. The van der Waals surface area contributed by atoms with Crippen molar-refractivity contribution in [3.05, 3.63) is 96.6 Å². The van der Waals surface area contributed by atoms with Gasteiger partial charge in [-0.1, -0.05) is 79.4 Å². The smallest absolute Gasteiger partial charge is 0.141 e. The molecule has 0 aliphatic rings. The third-order valence-electron chi connectivity index (χ3n) is 4.24. The van der Waals surface area contributed by atoms with Crippen molar-refractivity contribution >= 4 is 17.1 Å². The van der Waals surface area contributed by atoms with E-state index in [4.69, 9.17) is 4.98 Å². The first kappa shape index (κ1) is 14.5. The molecule has 0 N–H and O–H groups in total. The minimum absolute atomic E-state index is 0.805. The quantitative estimate of drug-likeness (QED) is 0.494. The fraction of sp³-hybridized carbons (Fsp3) is 0.0455. The number of imidazole rings is 1. The summed E-state index contributed by atoms with van der Waals surface area (Å²) in [4.78, 5) is 4.87. The maximum Gasteiger partial charge on any atom is 0.141 e. The number of aromatic nitrogens is 2. The molecule has 1 heterocycles. The van der Waals surface area contributed by atoms with Crippen LogP contribution in [-0.2, 0) is 6.54 Å². The highest BCUT2D eigenvalue weighted by Crippen LogP contribution is 2.26. The van der Waals surface area contributed by atoms with Crippen LogP contribution in [0, 0.1) is 0 Å². The lowest BCUT2D eigenvalue weighted by molar-refractivity contribution is 0.834. The number of fused-ring (bicyclic) bond motifs is 1. The average molecular weight is 310 g/mol. The molecule has 24 heavy (non-hydrogen) atoms. The van der Waals surface area contributed by atoms with Crippen LogP contribution in [0.2, 0.25) is 0 Å². The van der Waals surface area contributed by atoms with Crippen molar-refractivity contribution in [1.82, 2.24) is 9.55 Å². The van der Waals surface area contributed by atoms with E-state index in [2.05, 4.69) is 77.9 Å². The third-order valence-corrected chi connectivity index (χ3v) is 4.24. The summed E-state index contributed by atoms with van der Waals surface area (Å²) in [6.07, 6.45) is 1.86. The van der Waals surface area contributed by atoms with Gasteiger partial charge in [-0.05, 0) is 23.3 Å². The summed E-state index contributed by atoms with van der Waals surface area (Å²) in [5.41, 5.74) is 5.68. The zero-order valence-electron chi connectivity index (χ0n) is 13.4. The fourth-order valence-corrected chi connectivity index (χ4v) is 2.99. The van der Waals surface area contributed by atoms with Crippen LogP contribution >= 0.6 is 0 Å². The summed E-state index contributed by atoms with van der Waals surface area (Å²) in [6, 6.07) is 27.2. The van der Waals surface area contributed by atoms with Crippen LogP contribution in [-0.4, -0.2) is 9.55 Å². The average Bonchev–Trinajstić information content (AvgIpc) is 3.01. The summed E-state index contributed by atoms with van der Waals surface area (Å²) < 4.78 is 2.29. The van der Waals surface area contributed by atoms with Crippen LogP contribution < -0.4 is 0 Å². The highest BCUT2D eigenvalue weighted by atomic mass is 15.1. The molecule has 0 saturated carbocycles. The number of para-hydroxylation sites is 2. The first-order valence-corrected chi connectivity index (χ1v) is 8.07. The van der Waals surface area contributed by atoms with Crippen molar-refractivity contribution in [2.45, 2.75) is 6.54 Å². The maximum atomic E-state index is 4.87. The lowest BCUT2D eigenvalue weighted by Crippen LogP contribution is -2.02. The zero-order valence-corrected chi connectivity index (χ0v) is 13.4. The molecule has 0 radical (unpaired) electrons. The molecule has 3 aromatic carbocycles. The van der Waals surface area contributed by atoms with Gasteiger partial charge in [-0.25, -0.2) is 4.98 Å². The van der Waals surface area contributed by atoms with Gasteiger partial charge >= 0.3 is 0 Å². The van der Waals surface area contributed by atoms with Crippen LogP contribution in [0.5, 0.6) is 0 Å². The van der Waals surface area contributed by atoms with Crippen LogP contribution in [0.1, 0.15) is 11.1 Å². The molecule has 4 aromatic rings. The van der Waals surface area contributed by atoms with Gasteiger partial charge in [0.1, 0.15) is 5.82 Å². The van der Waals surface area contributed by atoms with E-state index in [0.717, 1.165) is 34.5 Å². The number of nitrogens with zero attached hydrogens (tertiary/aromatic N) is 2. The van der Waals surface area contributed by atoms with Gasteiger partial charge in [-0.2, -0.15) is 0 Å². The molecule has 0 amide bonds. The summed E-state index contributed by atoms with van der Waals surface area (Å²) in [7, 11) is 0. The Hall–Kier alpha value is -3.13. The molecule has 0 fully saturated rings. The summed E-state index contributed by atoms with van der Waals surface area (Å²) >= 11 is 0. The first-order chi connectivity index (χ1) is 11.8.